The molecule has 1 aromatic rings. The Labute approximate surface area is 127 Å². The average Bonchev–Trinajstić information content (AvgIpc) is 3.03. The molecule has 3 heteroatoms. The zero-order chi connectivity index (χ0) is 14.7. The molecule has 0 amide bonds. The molecule has 0 saturated heterocycles. The molecular weight excluding hydrogens is 260 g/mol. The summed E-state index contributed by atoms with van der Waals surface area (Å²) in [5.41, 5.74) is 2.37. The maximum atomic E-state index is 8.83. The molecule has 1 N–H and O–H groups in total. The number of hydrogen-bond acceptors (Lipinski definition) is 3. The Hall–Kier alpha value is -1.37. The van der Waals surface area contributed by atoms with Gasteiger partial charge in [-0.2, -0.15) is 5.26 Å². The van der Waals surface area contributed by atoms with Gasteiger partial charge in [0.25, 0.3) is 0 Å². The van der Waals surface area contributed by atoms with E-state index in [0.29, 0.717) is 17.6 Å². The van der Waals surface area contributed by atoms with Gasteiger partial charge in [-0.3, -0.25) is 0 Å². The van der Waals surface area contributed by atoms with Crippen LogP contribution in [-0.2, 0) is 11.3 Å². The van der Waals surface area contributed by atoms with Crippen molar-refractivity contribution in [2.24, 2.45) is 5.41 Å². The van der Waals surface area contributed by atoms with E-state index in [9.17, 15) is 0 Å². The van der Waals surface area contributed by atoms with Gasteiger partial charge in [-0.25, -0.2) is 0 Å². The molecule has 2 aliphatic carbocycles. The molecule has 3 rings (SSSR count). The molecule has 3 nitrogen and oxygen atoms in total. The molecule has 0 aromatic heterocycles. The van der Waals surface area contributed by atoms with Crippen LogP contribution in [-0.4, -0.2) is 18.8 Å². The highest BCUT2D eigenvalue weighted by atomic mass is 16.5. The van der Waals surface area contributed by atoms with Crippen LogP contribution < -0.4 is 5.32 Å². The number of hydrogen-bond donors (Lipinski definition) is 1. The number of nitrogens with zero attached hydrogens (tertiary/aromatic N) is 1. The van der Waals surface area contributed by atoms with Crippen molar-refractivity contribution in [3.63, 3.8) is 0 Å². The van der Waals surface area contributed by atoms with Crippen LogP contribution in [0.25, 0.3) is 0 Å². The zero-order valence-corrected chi connectivity index (χ0v) is 12.8. The van der Waals surface area contributed by atoms with Gasteiger partial charge in [0.05, 0.1) is 17.7 Å². The third kappa shape index (κ3) is 2.71. The summed E-state index contributed by atoms with van der Waals surface area (Å²) < 4.78 is 5.95. The minimum atomic E-state index is 0.391. The molecule has 1 aromatic carbocycles. The van der Waals surface area contributed by atoms with E-state index in [4.69, 9.17) is 10.00 Å². The first-order valence-electron chi connectivity index (χ1n) is 8.12. The van der Waals surface area contributed by atoms with Gasteiger partial charge in [-0.05, 0) is 43.9 Å². The van der Waals surface area contributed by atoms with Crippen molar-refractivity contribution in [3.05, 3.63) is 35.4 Å². The molecule has 21 heavy (non-hydrogen) atoms. The van der Waals surface area contributed by atoms with E-state index in [0.717, 1.165) is 25.1 Å². The molecule has 0 aliphatic heterocycles. The van der Waals surface area contributed by atoms with Crippen LogP contribution in [0.4, 0.5) is 0 Å². The average molecular weight is 284 g/mol. The second-order valence-corrected chi connectivity index (χ2v) is 6.36. The van der Waals surface area contributed by atoms with Gasteiger partial charge in [-0.15, -0.1) is 0 Å². The number of nitrogens with one attached hydrogen (secondary N) is 1. The lowest BCUT2D eigenvalue weighted by Crippen LogP contribution is -2.62. The van der Waals surface area contributed by atoms with Crippen LogP contribution in [0.15, 0.2) is 24.3 Å². The fourth-order valence-corrected chi connectivity index (χ4v) is 4.11. The summed E-state index contributed by atoms with van der Waals surface area (Å²) in [6, 6.07) is 10.6. The number of ether oxygens (including phenoxy) is 1. The molecule has 112 valence electrons. The van der Waals surface area contributed by atoms with Gasteiger partial charge >= 0.3 is 0 Å². The number of benzene rings is 1. The van der Waals surface area contributed by atoms with Crippen molar-refractivity contribution in [1.29, 1.82) is 5.26 Å². The van der Waals surface area contributed by atoms with E-state index < -0.39 is 0 Å². The molecule has 2 fully saturated rings. The summed E-state index contributed by atoms with van der Waals surface area (Å²) in [4.78, 5) is 0. The first kappa shape index (κ1) is 14.6. The molecule has 1 spiro atoms. The summed E-state index contributed by atoms with van der Waals surface area (Å²) in [5.74, 6) is 0. The lowest BCUT2D eigenvalue weighted by atomic mass is 9.60. The van der Waals surface area contributed by atoms with Crippen molar-refractivity contribution in [1.82, 2.24) is 5.32 Å². The van der Waals surface area contributed by atoms with Crippen LogP contribution in [0, 0.1) is 16.7 Å². The highest BCUT2D eigenvalue weighted by Gasteiger charge is 2.56. The highest BCUT2D eigenvalue weighted by Crippen LogP contribution is 2.54. The Bertz CT molecular complexity index is 511. The normalized spacial score (nSPS) is 26.5. The Balaban J connectivity index is 1.59. The predicted molar refractivity (Wildman–Crippen MR) is 82.7 cm³/mol. The van der Waals surface area contributed by atoms with Gasteiger partial charge in [0.2, 0.25) is 0 Å². The molecule has 2 aliphatic rings. The second kappa shape index (κ2) is 6.17. The van der Waals surface area contributed by atoms with Gasteiger partial charge < -0.3 is 10.1 Å². The third-order valence-corrected chi connectivity index (χ3v) is 5.32. The Kier molecular flexibility index (Phi) is 4.28. The quantitative estimate of drug-likeness (QED) is 0.901. The first-order chi connectivity index (χ1) is 10.3. The molecule has 2 unspecified atom stereocenters. The van der Waals surface area contributed by atoms with Crippen molar-refractivity contribution in [3.8, 4) is 6.07 Å². The number of nitriles is 1. The minimum absolute atomic E-state index is 0.391. The van der Waals surface area contributed by atoms with Crippen molar-refractivity contribution < 1.29 is 4.74 Å². The smallest absolute Gasteiger partial charge is 0.0991 e. The standard InChI is InChI=1S/C18H24N2O/c1-2-21-17-11-16(18(17)9-3-4-10-18)20-13-15-7-5-14(12-19)6-8-15/h5-8,16-17,20H,2-4,9-11,13H2,1H3. The number of rotatable bonds is 5. The van der Waals surface area contributed by atoms with Gasteiger partial charge in [0, 0.05) is 24.6 Å². The summed E-state index contributed by atoms with van der Waals surface area (Å²) >= 11 is 0. The summed E-state index contributed by atoms with van der Waals surface area (Å²) in [6.07, 6.45) is 6.91. The van der Waals surface area contributed by atoms with Crippen LogP contribution >= 0.6 is 0 Å². The monoisotopic (exact) mass is 284 g/mol. The van der Waals surface area contributed by atoms with Gasteiger partial charge in [0.1, 0.15) is 0 Å². The summed E-state index contributed by atoms with van der Waals surface area (Å²) in [5, 5.41) is 12.6. The van der Waals surface area contributed by atoms with E-state index in [1.807, 2.05) is 24.3 Å². The maximum absolute atomic E-state index is 8.83. The Morgan fingerprint density at radius 1 is 1.29 bits per heavy atom. The van der Waals surface area contributed by atoms with E-state index in [1.165, 1.54) is 31.2 Å². The lowest BCUT2D eigenvalue weighted by molar-refractivity contribution is -0.130. The minimum Gasteiger partial charge on any atom is -0.378 e. The van der Waals surface area contributed by atoms with Crippen molar-refractivity contribution in [2.75, 3.05) is 6.61 Å². The van der Waals surface area contributed by atoms with E-state index in [1.54, 1.807) is 0 Å². The van der Waals surface area contributed by atoms with Crippen LogP contribution in [0.3, 0.4) is 0 Å². The highest BCUT2D eigenvalue weighted by molar-refractivity contribution is 5.31. The predicted octanol–water partition coefficient (Wildman–Crippen LogP) is 3.39. The molecular formula is C18H24N2O. The topological polar surface area (TPSA) is 45.0 Å². The second-order valence-electron chi connectivity index (χ2n) is 6.36. The van der Waals surface area contributed by atoms with Crippen LogP contribution in [0.1, 0.15) is 50.2 Å². The van der Waals surface area contributed by atoms with Gasteiger partial charge in [-0.1, -0.05) is 25.0 Å². The largest absolute Gasteiger partial charge is 0.378 e. The molecule has 0 radical (unpaired) electrons. The fraction of sp³-hybridized carbons (Fsp3) is 0.611. The SMILES string of the molecule is CCOC1CC(NCc2ccc(C#N)cc2)C12CCCC2. The van der Waals surface area contributed by atoms with Gasteiger partial charge in [0.15, 0.2) is 0 Å². The summed E-state index contributed by atoms with van der Waals surface area (Å²) in [7, 11) is 0. The Morgan fingerprint density at radius 3 is 2.62 bits per heavy atom. The molecule has 0 heterocycles. The van der Waals surface area contributed by atoms with E-state index in [-0.39, 0.29) is 0 Å². The zero-order valence-electron chi connectivity index (χ0n) is 12.8. The van der Waals surface area contributed by atoms with E-state index in [2.05, 4.69) is 18.3 Å². The van der Waals surface area contributed by atoms with Crippen molar-refractivity contribution >= 4 is 0 Å². The molecule has 2 atom stereocenters. The molecule has 0 bridgehead atoms. The van der Waals surface area contributed by atoms with Crippen LogP contribution in [0.5, 0.6) is 0 Å². The third-order valence-electron chi connectivity index (χ3n) is 5.32. The fourth-order valence-electron chi connectivity index (χ4n) is 4.11. The lowest BCUT2D eigenvalue weighted by Gasteiger charge is -2.54. The molecule has 2 saturated carbocycles. The maximum Gasteiger partial charge on any atom is 0.0991 e. The van der Waals surface area contributed by atoms with Crippen LogP contribution in [0.2, 0.25) is 0 Å². The summed E-state index contributed by atoms with van der Waals surface area (Å²) in [6.45, 7) is 3.81. The van der Waals surface area contributed by atoms with E-state index >= 15 is 0 Å². The van der Waals surface area contributed by atoms with Crippen molar-refractivity contribution in [2.45, 2.75) is 57.7 Å². The Morgan fingerprint density at radius 2 is 2.00 bits per heavy atom. The first-order valence-corrected chi connectivity index (χ1v) is 8.12.